The lowest BCUT2D eigenvalue weighted by Gasteiger charge is -2.08. The minimum absolute atomic E-state index is 0.0836. The third kappa shape index (κ3) is 5.77. The van der Waals surface area contributed by atoms with Crippen molar-refractivity contribution in [3.8, 4) is 17.2 Å². The number of hydrogen-bond acceptors (Lipinski definition) is 5. The van der Waals surface area contributed by atoms with Crippen LogP contribution in [0.4, 0.5) is 0 Å². The Morgan fingerprint density at radius 3 is 2.81 bits per heavy atom. The van der Waals surface area contributed by atoms with Gasteiger partial charge in [-0.25, -0.2) is 5.43 Å². The molecule has 2 aromatic rings. The first-order valence-corrected chi connectivity index (χ1v) is 9.22. The maximum absolute atomic E-state index is 11.8. The first-order chi connectivity index (χ1) is 12.4. The van der Waals surface area contributed by atoms with Crippen molar-refractivity contribution in [2.24, 2.45) is 5.10 Å². The van der Waals surface area contributed by atoms with E-state index < -0.39 is 5.91 Å². The monoisotopic (exact) mass is 488 g/mol. The summed E-state index contributed by atoms with van der Waals surface area (Å²) in [6, 6.07) is 8.53. The van der Waals surface area contributed by atoms with Crippen molar-refractivity contribution in [3.63, 3.8) is 0 Å². The van der Waals surface area contributed by atoms with E-state index in [4.69, 9.17) is 21.1 Å². The Morgan fingerprint density at radius 2 is 2.12 bits per heavy atom. The second kappa shape index (κ2) is 9.63. The number of halogens is 2. The summed E-state index contributed by atoms with van der Waals surface area (Å²) in [6.07, 6.45) is 1.47. The first kappa shape index (κ1) is 20.3. The van der Waals surface area contributed by atoms with E-state index in [0.717, 1.165) is 5.56 Å². The van der Waals surface area contributed by atoms with Crippen molar-refractivity contribution in [3.05, 3.63) is 50.1 Å². The molecule has 2 rings (SSSR count). The molecule has 0 aliphatic heterocycles. The third-order valence-electron chi connectivity index (χ3n) is 3.25. The van der Waals surface area contributed by atoms with Crippen LogP contribution < -0.4 is 14.9 Å². The molecule has 0 saturated carbocycles. The lowest BCUT2D eigenvalue weighted by atomic mass is 10.2. The topological polar surface area (TPSA) is 80.2 Å². The number of hydrogen-bond donors (Lipinski definition) is 2. The first-order valence-electron chi connectivity index (χ1n) is 7.77. The molecular formula is C18H18ClIN2O4. The highest BCUT2D eigenvalue weighted by atomic mass is 127. The summed E-state index contributed by atoms with van der Waals surface area (Å²) in [7, 11) is 0. The van der Waals surface area contributed by atoms with Gasteiger partial charge in [-0.2, -0.15) is 5.10 Å². The predicted molar refractivity (Wildman–Crippen MR) is 109 cm³/mol. The quantitative estimate of drug-likeness (QED) is 0.352. The van der Waals surface area contributed by atoms with E-state index in [1.54, 1.807) is 30.3 Å². The number of nitrogens with one attached hydrogen (secondary N) is 1. The molecule has 2 aromatic carbocycles. The molecule has 0 aromatic heterocycles. The molecule has 8 heteroatoms. The number of phenols is 1. The van der Waals surface area contributed by atoms with Crippen LogP contribution in [0, 0.1) is 10.5 Å². The minimum atomic E-state index is -0.396. The summed E-state index contributed by atoms with van der Waals surface area (Å²) in [6.45, 7) is 3.95. The zero-order chi connectivity index (χ0) is 19.1. The lowest BCUT2D eigenvalue weighted by molar-refractivity contribution is -0.123. The largest absolute Gasteiger partial charge is 0.504 e. The van der Waals surface area contributed by atoms with Crippen LogP contribution in [0.15, 0.2) is 35.4 Å². The molecule has 0 spiro atoms. The van der Waals surface area contributed by atoms with Gasteiger partial charge in [0.1, 0.15) is 5.75 Å². The van der Waals surface area contributed by atoms with E-state index in [2.05, 4.69) is 10.5 Å². The zero-order valence-corrected chi connectivity index (χ0v) is 17.2. The van der Waals surface area contributed by atoms with Gasteiger partial charge in [0.25, 0.3) is 5.91 Å². The molecule has 0 radical (unpaired) electrons. The Morgan fingerprint density at radius 1 is 1.35 bits per heavy atom. The third-order valence-corrected chi connectivity index (χ3v) is 4.50. The van der Waals surface area contributed by atoms with Crippen LogP contribution in [0.3, 0.4) is 0 Å². The number of carbonyl (C=O) groups excluding carboxylic acids is 1. The highest BCUT2D eigenvalue weighted by Crippen LogP contribution is 2.32. The maximum atomic E-state index is 11.8. The smallest absolute Gasteiger partial charge is 0.277 e. The van der Waals surface area contributed by atoms with Crippen molar-refractivity contribution >= 4 is 46.3 Å². The van der Waals surface area contributed by atoms with Crippen LogP contribution in [-0.2, 0) is 4.79 Å². The molecule has 0 heterocycles. The average molecular weight is 489 g/mol. The Balaban J connectivity index is 1.91. The van der Waals surface area contributed by atoms with E-state index >= 15 is 0 Å². The van der Waals surface area contributed by atoms with E-state index in [9.17, 15) is 9.90 Å². The van der Waals surface area contributed by atoms with Gasteiger partial charge in [0.2, 0.25) is 0 Å². The van der Waals surface area contributed by atoms with Crippen molar-refractivity contribution < 1.29 is 19.4 Å². The molecule has 0 fully saturated rings. The van der Waals surface area contributed by atoms with Crippen LogP contribution in [0.25, 0.3) is 0 Å². The van der Waals surface area contributed by atoms with E-state index in [1.807, 2.05) is 36.4 Å². The van der Waals surface area contributed by atoms with Gasteiger partial charge in [0, 0.05) is 5.02 Å². The number of rotatable bonds is 7. The van der Waals surface area contributed by atoms with Gasteiger partial charge in [-0.1, -0.05) is 11.6 Å². The van der Waals surface area contributed by atoms with Gasteiger partial charge >= 0.3 is 0 Å². The van der Waals surface area contributed by atoms with Crippen LogP contribution in [0.2, 0.25) is 5.02 Å². The Kier molecular flexibility index (Phi) is 7.52. The highest BCUT2D eigenvalue weighted by molar-refractivity contribution is 14.1. The summed E-state index contributed by atoms with van der Waals surface area (Å²) < 4.78 is 11.4. The van der Waals surface area contributed by atoms with Gasteiger partial charge in [-0.15, -0.1) is 0 Å². The predicted octanol–water partition coefficient (Wildman–Crippen LogP) is 3.89. The van der Waals surface area contributed by atoms with Crippen LogP contribution >= 0.6 is 34.2 Å². The van der Waals surface area contributed by atoms with Crippen molar-refractivity contribution in [2.45, 2.75) is 13.8 Å². The van der Waals surface area contributed by atoms with Crippen molar-refractivity contribution in [1.29, 1.82) is 0 Å². The molecule has 26 heavy (non-hydrogen) atoms. The van der Waals surface area contributed by atoms with Crippen molar-refractivity contribution in [2.75, 3.05) is 13.2 Å². The van der Waals surface area contributed by atoms with Gasteiger partial charge < -0.3 is 14.6 Å². The fourth-order valence-corrected chi connectivity index (χ4v) is 2.74. The number of hydrazone groups is 1. The van der Waals surface area contributed by atoms with Gasteiger partial charge in [-0.05, 0) is 77.9 Å². The second-order valence-electron chi connectivity index (χ2n) is 5.28. The lowest BCUT2D eigenvalue weighted by Crippen LogP contribution is -2.24. The number of ether oxygens (including phenoxy) is 2. The number of nitrogens with zero attached hydrogens (tertiary/aromatic N) is 1. The number of phenolic OH excluding ortho intramolecular Hbond substituents is 1. The standard InChI is InChI=1S/C18H18ClIN2O4/c1-3-25-16-8-12(7-15(20)18(16)24)9-21-22-17(23)10-26-13-4-5-14(19)11(2)6-13/h4-9,24H,3,10H2,1-2H3,(H,22,23)/b21-9-. The molecular weight excluding hydrogens is 471 g/mol. The van der Waals surface area contributed by atoms with Crippen LogP contribution in [0.1, 0.15) is 18.1 Å². The normalized spacial score (nSPS) is 10.8. The molecule has 6 nitrogen and oxygen atoms in total. The van der Waals surface area contributed by atoms with E-state index in [-0.39, 0.29) is 12.4 Å². The van der Waals surface area contributed by atoms with Crippen LogP contribution in [0.5, 0.6) is 17.2 Å². The summed E-state index contributed by atoms with van der Waals surface area (Å²) >= 11 is 7.94. The molecule has 0 unspecified atom stereocenters. The van der Waals surface area contributed by atoms with E-state index in [1.165, 1.54) is 6.21 Å². The fraction of sp³-hybridized carbons (Fsp3) is 0.222. The number of carbonyl (C=O) groups is 1. The summed E-state index contributed by atoms with van der Waals surface area (Å²) in [5.41, 5.74) is 3.94. The number of aryl methyl sites for hydroxylation is 1. The van der Waals surface area contributed by atoms with Gasteiger partial charge in [0.15, 0.2) is 18.1 Å². The summed E-state index contributed by atoms with van der Waals surface area (Å²) in [5, 5.41) is 14.4. The van der Waals surface area contributed by atoms with Gasteiger partial charge in [0.05, 0.1) is 16.4 Å². The number of amides is 1. The molecule has 2 N–H and O–H groups in total. The number of aromatic hydroxyl groups is 1. The zero-order valence-electron chi connectivity index (χ0n) is 14.3. The molecule has 1 amide bonds. The van der Waals surface area contributed by atoms with Crippen molar-refractivity contribution in [1.82, 2.24) is 5.43 Å². The van der Waals surface area contributed by atoms with Crippen LogP contribution in [-0.4, -0.2) is 30.4 Å². The summed E-state index contributed by atoms with van der Waals surface area (Å²) in [4.78, 5) is 11.8. The Labute approximate surface area is 170 Å². The molecule has 138 valence electrons. The SMILES string of the molecule is CCOc1cc(/C=N\NC(=O)COc2ccc(Cl)c(C)c2)cc(I)c1O. The molecule has 0 saturated heterocycles. The van der Waals surface area contributed by atoms with Gasteiger partial charge in [-0.3, -0.25) is 4.79 Å². The Bertz CT molecular complexity index is 827. The van der Waals surface area contributed by atoms with E-state index in [0.29, 0.717) is 32.3 Å². The average Bonchev–Trinajstić information content (AvgIpc) is 2.60. The fourth-order valence-electron chi connectivity index (χ4n) is 2.00. The molecule has 0 bridgehead atoms. The number of benzene rings is 2. The second-order valence-corrected chi connectivity index (χ2v) is 6.84. The molecule has 0 atom stereocenters. The molecule has 0 aliphatic rings. The summed E-state index contributed by atoms with van der Waals surface area (Å²) in [5.74, 6) is 0.613. The molecule has 0 aliphatic carbocycles. The Hall–Kier alpha value is -2.00. The highest BCUT2D eigenvalue weighted by Gasteiger charge is 2.08. The maximum Gasteiger partial charge on any atom is 0.277 e. The minimum Gasteiger partial charge on any atom is -0.504 e.